The van der Waals surface area contributed by atoms with Gasteiger partial charge in [-0.15, -0.1) is 0 Å². The van der Waals surface area contributed by atoms with Gasteiger partial charge >= 0.3 is 0 Å². The van der Waals surface area contributed by atoms with Crippen molar-refractivity contribution in [1.29, 1.82) is 0 Å². The molecule has 0 radical (unpaired) electrons. The maximum atomic E-state index is 10.5. The third-order valence-electron chi connectivity index (χ3n) is 4.71. The number of ether oxygens (including phenoxy) is 2. The largest absolute Gasteiger partial charge is 0.392 e. The first-order chi connectivity index (χ1) is 11.2. The summed E-state index contributed by atoms with van der Waals surface area (Å²) in [6.45, 7) is 8.19. The molecule has 2 N–H and O–H groups in total. The number of hydrogen-bond donors (Lipinski definition) is 2. The van der Waals surface area contributed by atoms with Crippen LogP contribution in [0.25, 0.3) is 0 Å². The van der Waals surface area contributed by atoms with E-state index in [2.05, 4.69) is 6.92 Å². The second-order valence-corrected chi connectivity index (χ2v) is 10.2. The van der Waals surface area contributed by atoms with Crippen LogP contribution in [0.2, 0.25) is 0 Å². The highest BCUT2D eigenvalue weighted by Gasteiger charge is 2.59. The number of rotatable bonds is 4. The zero-order chi connectivity index (χ0) is 17.6. The fourth-order valence-corrected chi connectivity index (χ4v) is 7.15. The molecule has 0 aliphatic carbocycles. The Morgan fingerprint density at radius 3 is 2.54 bits per heavy atom. The zero-order valence-electron chi connectivity index (χ0n) is 14.8. The van der Waals surface area contributed by atoms with Crippen LogP contribution in [0, 0.1) is 0 Å². The highest BCUT2D eigenvalue weighted by Crippen LogP contribution is 2.67. The maximum Gasteiger partial charge on any atom is 0.170 e. The molecule has 2 fully saturated rings. The van der Waals surface area contributed by atoms with Crippen LogP contribution in [-0.4, -0.2) is 32.8 Å². The van der Waals surface area contributed by atoms with Gasteiger partial charge in [-0.05, 0) is 31.9 Å². The van der Waals surface area contributed by atoms with Crippen LogP contribution in [0.3, 0.4) is 0 Å². The Morgan fingerprint density at radius 1 is 1.21 bits per heavy atom. The minimum Gasteiger partial charge on any atom is -0.392 e. The molecule has 0 aromatic heterocycles. The van der Waals surface area contributed by atoms with Crippen LogP contribution >= 0.6 is 8.15 Å². The summed E-state index contributed by atoms with van der Waals surface area (Å²) in [7, 11) is -0.929. The number of hydrogen-bond acceptors (Lipinski definition) is 5. The van der Waals surface area contributed by atoms with E-state index < -0.39 is 25.1 Å². The van der Waals surface area contributed by atoms with Crippen molar-refractivity contribution in [1.82, 2.24) is 0 Å². The molecule has 0 saturated carbocycles. The normalized spacial score (nSPS) is 42.1. The molecule has 134 valence electrons. The van der Waals surface area contributed by atoms with E-state index in [4.69, 9.17) is 14.0 Å². The van der Waals surface area contributed by atoms with Crippen molar-refractivity contribution in [3.8, 4) is 0 Å². The topological polar surface area (TPSA) is 68.2 Å². The molecule has 5 unspecified atom stereocenters. The van der Waals surface area contributed by atoms with Crippen LogP contribution in [0.4, 0.5) is 0 Å². The van der Waals surface area contributed by atoms with Gasteiger partial charge in [0.25, 0.3) is 0 Å². The van der Waals surface area contributed by atoms with Crippen LogP contribution in [0.15, 0.2) is 24.3 Å². The molecular weight excluding hydrogens is 327 g/mol. The van der Waals surface area contributed by atoms with Crippen molar-refractivity contribution < 1.29 is 24.2 Å². The van der Waals surface area contributed by atoms with Crippen LogP contribution < -0.4 is 0 Å². The molecule has 2 bridgehead atoms. The summed E-state index contributed by atoms with van der Waals surface area (Å²) < 4.78 is 18.3. The van der Waals surface area contributed by atoms with Gasteiger partial charge in [-0.25, -0.2) is 0 Å². The van der Waals surface area contributed by atoms with Crippen molar-refractivity contribution in [3.05, 3.63) is 35.4 Å². The Hall–Kier alpha value is -0.550. The van der Waals surface area contributed by atoms with E-state index in [0.717, 1.165) is 11.1 Å². The predicted molar refractivity (Wildman–Crippen MR) is 92.4 cm³/mol. The van der Waals surface area contributed by atoms with Gasteiger partial charge in [-0.3, -0.25) is 0 Å². The Bertz CT molecular complexity index is 603. The average molecular weight is 354 g/mol. The van der Waals surface area contributed by atoms with Crippen molar-refractivity contribution >= 4 is 8.15 Å². The lowest BCUT2D eigenvalue weighted by molar-refractivity contribution is -0.403. The van der Waals surface area contributed by atoms with Gasteiger partial charge in [-0.1, -0.05) is 31.2 Å². The second-order valence-electron chi connectivity index (χ2n) is 7.44. The van der Waals surface area contributed by atoms with E-state index >= 15 is 0 Å². The minimum atomic E-state index is -1.21. The monoisotopic (exact) mass is 354 g/mol. The van der Waals surface area contributed by atoms with Crippen molar-refractivity contribution in [2.45, 2.75) is 76.3 Å². The number of benzene rings is 1. The molecule has 2 saturated heterocycles. The lowest BCUT2D eigenvalue weighted by Gasteiger charge is -2.58. The van der Waals surface area contributed by atoms with Crippen molar-refractivity contribution in [2.75, 3.05) is 0 Å². The molecule has 2 heterocycles. The fraction of sp³-hybridized carbons (Fsp3) is 0.667. The average Bonchev–Trinajstić information content (AvgIpc) is 2.43. The Morgan fingerprint density at radius 2 is 1.88 bits per heavy atom. The standard InChI is InChI=1S/C18H27O5P/c1-13-9-17(3)22-16(2,20)12-18(4,23-17)24(13)21-11-15-8-6-5-7-14(15)10-19/h5-8,13,19-20H,9-12H2,1-4H3. The summed E-state index contributed by atoms with van der Waals surface area (Å²) >= 11 is 0. The van der Waals surface area contributed by atoms with Gasteiger partial charge in [0.05, 0.1) is 21.4 Å². The first kappa shape index (κ1) is 18.2. The number of aliphatic hydroxyl groups excluding tert-OH is 1. The van der Waals surface area contributed by atoms with E-state index in [1.54, 1.807) is 6.92 Å². The minimum absolute atomic E-state index is 0.00139. The Balaban J connectivity index is 1.80. The molecule has 2 aliphatic heterocycles. The van der Waals surface area contributed by atoms with Crippen LogP contribution in [0.1, 0.15) is 51.7 Å². The molecule has 5 atom stereocenters. The summed E-state index contributed by atoms with van der Waals surface area (Å²) in [5, 5.41) is 19.4. The van der Waals surface area contributed by atoms with E-state index in [1.807, 2.05) is 38.1 Å². The molecule has 24 heavy (non-hydrogen) atoms. The molecule has 5 nitrogen and oxygen atoms in total. The Labute approximate surface area is 144 Å². The van der Waals surface area contributed by atoms with E-state index in [9.17, 15) is 10.2 Å². The smallest absolute Gasteiger partial charge is 0.170 e. The van der Waals surface area contributed by atoms with Crippen LogP contribution in [-0.2, 0) is 27.2 Å². The number of fused-ring (bicyclic) bond motifs is 2. The zero-order valence-corrected chi connectivity index (χ0v) is 15.7. The molecule has 2 aliphatic rings. The summed E-state index contributed by atoms with van der Waals surface area (Å²) in [5.74, 6) is -1.99. The maximum absolute atomic E-state index is 10.5. The first-order valence-electron chi connectivity index (χ1n) is 8.39. The highest BCUT2D eigenvalue weighted by atomic mass is 31.1. The SMILES string of the molecule is CC1CC2(C)OC(C)(O)CC(C)(O2)P1OCc1ccccc1CO. The third-order valence-corrected chi connectivity index (χ3v) is 7.28. The first-order valence-corrected chi connectivity index (χ1v) is 9.72. The molecule has 0 amide bonds. The van der Waals surface area contributed by atoms with Crippen molar-refractivity contribution in [2.24, 2.45) is 0 Å². The molecule has 1 aromatic rings. The second kappa shape index (κ2) is 6.31. The summed E-state index contributed by atoms with van der Waals surface area (Å²) in [5.41, 5.74) is 2.17. The predicted octanol–water partition coefficient (Wildman–Crippen LogP) is 3.46. The van der Waals surface area contributed by atoms with Gasteiger partial charge in [0.15, 0.2) is 11.6 Å². The van der Waals surface area contributed by atoms with Gasteiger partial charge in [0, 0.05) is 18.5 Å². The fourth-order valence-electron chi connectivity index (χ4n) is 4.18. The van der Waals surface area contributed by atoms with E-state index in [0.29, 0.717) is 25.1 Å². The van der Waals surface area contributed by atoms with E-state index in [-0.39, 0.29) is 6.61 Å². The lowest BCUT2D eigenvalue weighted by atomic mass is 10.0. The van der Waals surface area contributed by atoms with Gasteiger partial charge in [-0.2, -0.15) is 0 Å². The van der Waals surface area contributed by atoms with Gasteiger partial charge in [0.1, 0.15) is 5.34 Å². The summed E-state index contributed by atoms with van der Waals surface area (Å²) in [6, 6.07) is 7.74. The summed E-state index contributed by atoms with van der Waals surface area (Å²) in [6.07, 6.45) is 1.07. The summed E-state index contributed by atoms with van der Waals surface area (Å²) in [4.78, 5) is 0. The molecule has 6 heteroatoms. The van der Waals surface area contributed by atoms with Crippen LogP contribution in [0.5, 0.6) is 0 Å². The number of aliphatic hydroxyl groups is 2. The van der Waals surface area contributed by atoms with E-state index in [1.165, 1.54) is 0 Å². The molecule has 1 aromatic carbocycles. The van der Waals surface area contributed by atoms with Crippen molar-refractivity contribution in [3.63, 3.8) is 0 Å². The van der Waals surface area contributed by atoms with Gasteiger partial charge in [0.2, 0.25) is 0 Å². The third kappa shape index (κ3) is 3.52. The quantitative estimate of drug-likeness (QED) is 0.811. The molecule has 0 spiro atoms. The van der Waals surface area contributed by atoms with Gasteiger partial charge < -0.3 is 24.2 Å². The lowest BCUT2D eigenvalue weighted by Crippen LogP contribution is -2.60. The Kier molecular flexibility index (Phi) is 4.80. The molecular formula is C18H27O5P. The highest BCUT2D eigenvalue weighted by molar-refractivity contribution is 7.54. The molecule has 3 rings (SSSR count).